The van der Waals surface area contributed by atoms with Crippen LogP contribution in [0.3, 0.4) is 0 Å². The molecule has 1 fully saturated rings. The Morgan fingerprint density at radius 3 is 2.50 bits per heavy atom. The van der Waals surface area contributed by atoms with Gasteiger partial charge in [0.2, 0.25) is 5.91 Å². The number of allylic oxidation sites excluding steroid dienone is 1. The lowest BCUT2D eigenvalue weighted by molar-refractivity contribution is -0.527. The molecular formula is C28H37N4O2+. The molecule has 1 aliphatic carbocycles. The Morgan fingerprint density at radius 2 is 1.79 bits per heavy atom. The molecule has 0 unspecified atom stereocenters. The predicted octanol–water partition coefficient (Wildman–Crippen LogP) is 5.88. The average molecular weight is 462 g/mol. The van der Waals surface area contributed by atoms with Crippen LogP contribution in [0.2, 0.25) is 0 Å². The zero-order valence-corrected chi connectivity index (χ0v) is 20.6. The monoisotopic (exact) mass is 461 g/mol. The van der Waals surface area contributed by atoms with Gasteiger partial charge in [-0.1, -0.05) is 55.7 Å². The first-order valence-electron chi connectivity index (χ1n) is 12.3. The third-order valence-electron chi connectivity index (χ3n) is 6.36. The lowest BCUT2D eigenvalue weighted by atomic mass is 9.86. The number of benzene rings is 2. The van der Waals surface area contributed by atoms with Crippen LogP contribution in [0.5, 0.6) is 0 Å². The second kappa shape index (κ2) is 12.8. The van der Waals surface area contributed by atoms with E-state index in [2.05, 4.69) is 17.7 Å². The highest BCUT2D eigenvalue weighted by molar-refractivity contribution is 5.86. The first-order chi connectivity index (χ1) is 16.5. The molecule has 0 aliphatic heterocycles. The summed E-state index contributed by atoms with van der Waals surface area (Å²) in [4.78, 5) is 30.8. The van der Waals surface area contributed by atoms with E-state index in [1.165, 1.54) is 32.1 Å². The second-order valence-corrected chi connectivity index (χ2v) is 9.01. The summed E-state index contributed by atoms with van der Waals surface area (Å²) in [6.45, 7) is 6.95. The Morgan fingerprint density at radius 1 is 1.06 bits per heavy atom. The van der Waals surface area contributed by atoms with Crippen molar-refractivity contribution in [1.82, 2.24) is 10.7 Å². The van der Waals surface area contributed by atoms with Crippen LogP contribution in [0.25, 0.3) is 5.57 Å². The van der Waals surface area contributed by atoms with Crippen LogP contribution in [0.1, 0.15) is 69.6 Å². The molecule has 2 N–H and O–H groups in total. The number of hydrazine groups is 1. The normalized spacial score (nSPS) is 15.1. The van der Waals surface area contributed by atoms with Crippen LogP contribution in [-0.2, 0) is 17.8 Å². The molecule has 0 bridgehead atoms. The van der Waals surface area contributed by atoms with Gasteiger partial charge in [0.15, 0.2) is 4.87 Å². The van der Waals surface area contributed by atoms with Gasteiger partial charge in [0.1, 0.15) is 0 Å². The number of carbonyl (C=O) groups excluding carboxylic acids is 1. The molecular weight excluding hydrogens is 424 g/mol. The highest BCUT2D eigenvalue weighted by Crippen LogP contribution is 2.28. The third-order valence-corrected chi connectivity index (χ3v) is 6.36. The van der Waals surface area contributed by atoms with Gasteiger partial charge in [-0.3, -0.25) is 9.79 Å². The maximum atomic E-state index is 12.7. The van der Waals surface area contributed by atoms with Gasteiger partial charge in [-0.25, -0.2) is 0 Å². The van der Waals surface area contributed by atoms with E-state index in [0.29, 0.717) is 24.7 Å². The van der Waals surface area contributed by atoms with Gasteiger partial charge in [0.25, 0.3) is 5.69 Å². The number of nitrogens with zero attached hydrogens (tertiary/aromatic N) is 2. The number of nitroso groups, excluding NO2 is 1. The number of carbonyl (C=O) groups is 1. The van der Waals surface area contributed by atoms with E-state index in [0.717, 1.165) is 32.8 Å². The molecule has 1 amide bonds. The summed E-state index contributed by atoms with van der Waals surface area (Å²) < 4.78 is 0. The molecule has 1 saturated carbocycles. The van der Waals surface area contributed by atoms with Gasteiger partial charge in [0.05, 0.1) is 23.4 Å². The van der Waals surface area contributed by atoms with Crippen molar-refractivity contribution in [2.45, 2.75) is 65.8 Å². The molecule has 0 atom stereocenters. The molecule has 0 spiro atoms. The van der Waals surface area contributed by atoms with E-state index in [1.54, 1.807) is 6.07 Å². The van der Waals surface area contributed by atoms with Crippen molar-refractivity contribution in [3.8, 4) is 0 Å². The fourth-order valence-corrected chi connectivity index (χ4v) is 4.36. The summed E-state index contributed by atoms with van der Waals surface area (Å²) in [6.07, 6.45) is 8.38. The molecule has 0 saturated heterocycles. The minimum absolute atomic E-state index is 0.0802. The lowest BCUT2D eigenvalue weighted by Gasteiger charge is -2.20. The molecule has 0 aromatic heterocycles. The van der Waals surface area contributed by atoms with Crippen LogP contribution < -0.4 is 10.7 Å². The summed E-state index contributed by atoms with van der Waals surface area (Å²) in [6, 6.07) is 15.4. The van der Waals surface area contributed by atoms with E-state index in [9.17, 15) is 9.70 Å². The second-order valence-electron chi connectivity index (χ2n) is 9.01. The highest BCUT2D eigenvalue weighted by Gasteiger charge is 2.22. The third kappa shape index (κ3) is 7.37. The van der Waals surface area contributed by atoms with Gasteiger partial charge in [-0.15, -0.1) is 5.43 Å². The molecule has 0 heterocycles. The van der Waals surface area contributed by atoms with Crippen molar-refractivity contribution in [3.63, 3.8) is 0 Å². The molecule has 2 aromatic rings. The number of hydrogen-bond acceptors (Lipinski definition) is 3. The SMILES string of the molecule is CCN[N+](=O)c1cc(CC(=O)NCc2ccccc2)ccc1/C(C)=C/N=C(C)C1CCCCC1. The Bertz CT molecular complexity index is 1040. The molecule has 6 heteroatoms. The fraction of sp³-hybridized carbons (Fsp3) is 0.429. The first-order valence-corrected chi connectivity index (χ1v) is 12.3. The average Bonchev–Trinajstić information content (AvgIpc) is 2.87. The number of aliphatic imine (C=N–C) groups is 1. The van der Waals surface area contributed by atoms with Gasteiger partial charge in [0, 0.05) is 24.5 Å². The Labute approximate surface area is 203 Å². The molecule has 6 nitrogen and oxygen atoms in total. The van der Waals surface area contributed by atoms with Gasteiger partial charge >= 0.3 is 0 Å². The largest absolute Gasteiger partial charge is 0.352 e. The van der Waals surface area contributed by atoms with E-state index in [4.69, 9.17) is 4.99 Å². The van der Waals surface area contributed by atoms with Gasteiger partial charge < -0.3 is 5.32 Å². The van der Waals surface area contributed by atoms with E-state index >= 15 is 0 Å². The molecule has 2 aromatic carbocycles. The number of rotatable bonds is 10. The summed E-state index contributed by atoms with van der Waals surface area (Å²) in [5, 5.41) is 2.95. The number of nitrogens with one attached hydrogen (secondary N) is 2. The summed E-state index contributed by atoms with van der Waals surface area (Å²) >= 11 is 0. The van der Waals surface area contributed by atoms with Crippen molar-refractivity contribution in [2.75, 3.05) is 6.54 Å². The molecule has 180 valence electrons. The van der Waals surface area contributed by atoms with Crippen LogP contribution in [0.4, 0.5) is 5.69 Å². The van der Waals surface area contributed by atoms with Crippen molar-refractivity contribution in [3.05, 3.63) is 76.3 Å². The van der Waals surface area contributed by atoms with Crippen molar-refractivity contribution >= 4 is 22.9 Å². The first kappa shape index (κ1) is 25.3. The van der Waals surface area contributed by atoms with Crippen LogP contribution in [-0.4, -0.2) is 23.0 Å². The summed E-state index contributed by atoms with van der Waals surface area (Å²) in [7, 11) is 0. The highest BCUT2D eigenvalue weighted by atomic mass is 16.3. The van der Waals surface area contributed by atoms with E-state index < -0.39 is 0 Å². The van der Waals surface area contributed by atoms with Crippen LogP contribution in [0.15, 0.2) is 59.7 Å². The maximum absolute atomic E-state index is 12.7. The topological polar surface area (TPSA) is 73.6 Å². The fourth-order valence-electron chi connectivity index (χ4n) is 4.36. The quantitative estimate of drug-likeness (QED) is 0.263. The van der Waals surface area contributed by atoms with Crippen LogP contribution in [0, 0.1) is 10.8 Å². The summed E-state index contributed by atoms with van der Waals surface area (Å²) in [5.74, 6) is 0.482. The molecule has 0 radical (unpaired) electrons. The number of hydrogen-bond donors (Lipinski definition) is 2. The Balaban J connectivity index is 1.75. The smallest absolute Gasteiger partial charge is 0.299 e. The zero-order valence-electron chi connectivity index (χ0n) is 20.6. The minimum Gasteiger partial charge on any atom is -0.352 e. The number of amides is 1. The zero-order chi connectivity index (χ0) is 24.3. The van der Waals surface area contributed by atoms with Crippen LogP contribution >= 0.6 is 0 Å². The van der Waals surface area contributed by atoms with Crippen molar-refractivity contribution in [1.29, 1.82) is 0 Å². The lowest BCUT2D eigenvalue weighted by Crippen LogP contribution is -2.25. The van der Waals surface area contributed by atoms with E-state index in [1.807, 2.05) is 62.5 Å². The molecule has 34 heavy (non-hydrogen) atoms. The Kier molecular flexibility index (Phi) is 9.56. The van der Waals surface area contributed by atoms with Gasteiger partial charge in [-0.05, 0) is 62.3 Å². The minimum atomic E-state index is -0.0802. The molecule has 3 rings (SSSR count). The predicted molar refractivity (Wildman–Crippen MR) is 139 cm³/mol. The van der Waals surface area contributed by atoms with Gasteiger partial charge in [-0.2, -0.15) is 0 Å². The molecule has 1 aliphatic rings. The Hall–Kier alpha value is -3.28. The maximum Gasteiger partial charge on any atom is 0.299 e. The standard InChI is InChI=1S/C28H36N4O2/c1-4-31-32(34)27-17-24(18-28(33)30-20-23-11-7-5-8-12-23)15-16-26(27)21(2)19-29-22(3)25-13-9-6-10-14-25/h5,7-8,11-12,15-17,19,25H,4,6,9-10,13-14,18,20H2,1-3H3,(H-,30,31,33,34)/p+1/b21-19+,29-22?. The van der Waals surface area contributed by atoms with Crippen molar-refractivity contribution in [2.24, 2.45) is 10.9 Å². The van der Waals surface area contributed by atoms with E-state index in [-0.39, 0.29) is 12.3 Å². The van der Waals surface area contributed by atoms with Crippen molar-refractivity contribution < 1.29 is 9.66 Å². The summed E-state index contributed by atoms with van der Waals surface area (Å²) in [5.41, 5.74) is 8.04.